The van der Waals surface area contributed by atoms with E-state index < -0.39 is 6.10 Å². The highest BCUT2D eigenvalue weighted by atomic mass is 35.5. The van der Waals surface area contributed by atoms with Gasteiger partial charge in [0.25, 0.3) is 0 Å². The normalized spacial score (nSPS) is 20.0. The number of fused-ring (bicyclic) bond motifs is 1. The summed E-state index contributed by atoms with van der Waals surface area (Å²) in [5.74, 6) is 0.462. The molecule has 0 radical (unpaired) electrons. The second kappa shape index (κ2) is 7.42. The molecule has 2 atom stereocenters. The summed E-state index contributed by atoms with van der Waals surface area (Å²) >= 11 is 7.74. The number of thiazole rings is 1. The Morgan fingerprint density at radius 3 is 2.80 bits per heavy atom. The summed E-state index contributed by atoms with van der Waals surface area (Å²) in [4.78, 5) is 7.19. The van der Waals surface area contributed by atoms with Crippen LogP contribution >= 0.6 is 22.9 Å². The number of hydrogen-bond acceptors (Lipinski definition) is 4. The minimum atomic E-state index is -0.480. The Morgan fingerprint density at radius 2 is 2.00 bits per heavy atom. The molecule has 4 rings (SSSR count). The molecule has 3 nitrogen and oxygen atoms in total. The van der Waals surface area contributed by atoms with Crippen molar-refractivity contribution in [3.63, 3.8) is 0 Å². The lowest BCUT2D eigenvalue weighted by Gasteiger charge is -2.33. The smallest absolute Gasteiger partial charge is 0.0982 e. The summed E-state index contributed by atoms with van der Waals surface area (Å²) in [6.45, 7) is 2.65. The second-order valence-corrected chi connectivity index (χ2v) is 8.18. The average Bonchev–Trinajstić information content (AvgIpc) is 3.07. The largest absolute Gasteiger partial charge is 0.387 e. The fourth-order valence-electron chi connectivity index (χ4n) is 3.52. The molecular weight excluding hydrogens is 352 g/mol. The lowest BCUT2D eigenvalue weighted by Crippen LogP contribution is -2.37. The van der Waals surface area contributed by atoms with Gasteiger partial charge in [0.2, 0.25) is 0 Å². The molecule has 0 bridgehead atoms. The highest BCUT2D eigenvalue weighted by Crippen LogP contribution is 2.33. The number of aromatic nitrogens is 1. The Balaban J connectivity index is 1.44. The third-order valence-electron chi connectivity index (χ3n) is 4.85. The van der Waals surface area contributed by atoms with E-state index in [0.717, 1.165) is 30.6 Å². The summed E-state index contributed by atoms with van der Waals surface area (Å²) in [6.07, 6.45) is 1.84. The molecule has 1 saturated heterocycles. The SMILES string of the molecule is O[C@H](CN1CCC[C@H](c2nc3ccccc3s2)C1)c1ccc(Cl)cc1. The second-order valence-electron chi connectivity index (χ2n) is 6.69. The van der Waals surface area contributed by atoms with Crippen LogP contribution in [0.1, 0.15) is 35.4 Å². The van der Waals surface area contributed by atoms with Crippen molar-refractivity contribution in [2.24, 2.45) is 0 Å². The van der Waals surface area contributed by atoms with Gasteiger partial charge in [0.05, 0.1) is 21.3 Å². The van der Waals surface area contributed by atoms with Gasteiger partial charge < -0.3 is 5.11 Å². The summed E-state index contributed by atoms with van der Waals surface area (Å²) in [6, 6.07) is 15.8. The molecule has 0 aliphatic carbocycles. The molecule has 5 heteroatoms. The van der Waals surface area contributed by atoms with E-state index in [0.29, 0.717) is 17.5 Å². The first-order valence-electron chi connectivity index (χ1n) is 8.70. The number of aliphatic hydroxyl groups excluding tert-OH is 1. The molecule has 1 aromatic heterocycles. The number of nitrogens with zero attached hydrogens (tertiary/aromatic N) is 2. The van der Waals surface area contributed by atoms with Crippen molar-refractivity contribution in [1.29, 1.82) is 0 Å². The van der Waals surface area contributed by atoms with Gasteiger partial charge in [0.15, 0.2) is 0 Å². The Bertz CT molecular complexity index is 815. The molecule has 0 saturated carbocycles. The highest BCUT2D eigenvalue weighted by molar-refractivity contribution is 7.18. The van der Waals surface area contributed by atoms with Crippen LogP contribution < -0.4 is 0 Å². The molecule has 0 spiro atoms. The maximum absolute atomic E-state index is 10.5. The number of β-amino-alcohol motifs (C(OH)–C–C–N with tert-alkyl or cyclic N) is 1. The van der Waals surface area contributed by atoms with Gasteiger partial charge in [-0.15, -0.1) is 11.3 Å². The zero-order valence-electron chi connectivity index (χ0n) is 13.9. The molecule has 2 heterocycles. The number of piperidine rings is 1. The van der Waals surface area contributed by atoms with Gasteiger partial charge in [-0.05, 0) is 49.2 Å². The minimum absolute atomic E-state index is 0.462. The van der Waals surface area contributed by atoms with E-state index >= 15 is 0 Å². The fraction of sp³-hybridized carbons (Fsp3) is 0.350. The van der Waals surface area contributed by atoms with Crippen molar-refractivity contribution in [2.45, 2.75) is 24.9 Å². The van der Waals surface area contributed by atoms with Crippen molar-refractivity contribution in [2.75, 3.05) is 19.6 Å². The van der Waals surface area contributed by atoms with Crippen molar-refractivity contribution in [3.05, 3.63) is 64.1 Å². The Hall–Kier alpha value is -1.46. The van der Waals surface area contributed by atoms with Crippen molar-refractivity contribution in [1.82, 2.24) is 9.88 Å². The average molecular weight is 373 g/mol. The first-order chi connectivity index (χ1) is 12.2. The van der Waals surface area contributed by atoms with Crippen LogP contribution in [-0.4, -0.2) is 34.6 Å². The Labute approximate surface area is 156 Å². The lowest BCUT2D eigenvalue weighted by atomic mass is 9.98. The standard InChI is InChI=1S/C20H21ClN2OS/c21-16-9-7-14(8-10-16)18(24)13-23-11-3-4-15(12-23)20-22-17-5-1-2-6-19(17)25-20/h1-2,5-10,15,18,24H,3-4,11-13H2/t15-,18+/m0/s1. The van der Waals surface area contributed by atoms with Gasteiger partial charge in [-0.25, -0.2) is 4.98 Å². The van der Waals surface area contributed by atoms with E-state index in [2.05, 4.69) is 23.1 Å². The number of aliphatic hydroxyl groups is 1. The van der Waals surface area contributed by atoms with Crippen LogP contribution in [0.3, 0.4) is 0 Å². The number of likely N-dealkylation sites (tertiary alicyclic amines) is 1. The van der Waals surface area contributed by atoms with E-state index in [-0.39, 0.29) is 0 Å². The van der Waals surface area contributed by atoms with Crippen molar-refractivity contribution in [3.8, 4) is 0 Å². The van der Waals surface area contributed by atoms with Gasteiger partial charge in [0, 0.05) is 24.0 Å². The van der Waals surface area contributed by atoms with Crippen LogP contribution in [0.25, 0.3) is 10.2 Å². The fourth-order valence-corrected chi connectivity index (χ4v) is 4.74. The molecule has 0 amide bonds. The molecule has 1 aliphatic heterocycles. The zero-order valence-corrected chi connectivity index (χ0v) is 15.5. The van der Waals surface area contributed by atoms with Gasteiger partial charge in [0.1, 0.15) is 0 Å². The van der Waals surface area contributed by atoms with Gasteiger partial charge >= 0.3 is 0 Å². The summed E-state index contributed by atoms with van der Waals surface area (Å²) in [5, 5.41) is 12.5. The zero-order chi connectivity index (χ0) is 17.2. The molecule has 1 aliphatic rings. The monoisotopic (exact) mass is 372 g/mol. The van der Waals surface area contributed by atoms with Gasteiger partial charge in [-0.3, -0.25) is 4.90 Å². The van der Waals surface area contributed by atoms with Gasteiger partial charge in [-0.1, -0.05) is 35.9 Å². The van der Waals surface area contributed by atoms with Crippen molar-refractivity contribution < 1.29 is 5.11 Å². The van der Waals surface area contributed by atoms with E-state index in [1.807, 2.05) is 41.7 Å². The molecule has 3 aromatic rings. The first-order valence-corrected chi connectivity index (χ1v) is 9.90. The maximum atomic E-state index is 10.5. The predicted octanol–water partition coefficient (Wildman–Crippen LogP) is 4.86. The van der Waals surface area contributed by atoms with E-state index in [1.165, 1.54) is 16.1 Å². The van der Waals surface area contributed by atoms with Crippen LogP contribution in [0.15, 0.2) is 48.5 Å². The minimum Gasteiger partial charge on any atom is -0.387 e. The number of hydrogen-bond donors (Lipinski definition) is 1. The molecule has 1 fully saturated rings. The summed E-state index contributed by atoms with van der Waals surface area (Å²) in [7, 11) is 0. The highest BCUT2D eigenvalue weighted by Gasteiger charge is 2.25. The Kier molecular flexibility index (Phi) is 5.04. The summed E-state index contributed by atoms with van der Waals surface area (Å²) in [5.41, 5.74) is 2.02. The van der Waals surface area contributed by atoms with Crippen LogP contribution in [0.2, 0.25) is 5.02 Å². The molecule has 2 aromatic carbocycles. The van der Waals surface area contributed by atoms with Crippen LogP contribution in [0.4, 0.5) is 0 Å². The number of rotatable bonds is 4. The van der Waals surface area contributed by atoms with Crippen LogP contribution in [-0.2, 0) is 0 Å². The van der Waals surface area contributed by atoms with Crippen molar-refractivity contribution >= 4 is 33.2 Å². The maximum Gasteiger partial charge on any atom is 0.0982 e. The summed E-state index contributed by atoms with van der Waals surface area (Å²) < 4.78 is 1.26. The number of para-hydroxylation sites is 1. The quantitative estimate of drug-likeness (QED) is 0.710. The molecule has 130 valence electrons. The molecule has 0 unspecified atom stereocenters. The topological polar surface area (TPSA) is 36.4 Å². The van der Waals surface area contributed by atoms with E-state index in [4.69, 9.17) is 16.6 Å². The predicted molar refractivity (Wildman–Crippen MR) is 104 cm³/mol. The third kappa shape index (κ3) is 3.87. The molecule has 1 N–H and O–H groups in total. The third-order valence-corrected chi connectivity index (χ3v) is 6.30. The molecule has 25 heavy (non-hydrogen) atoms. The molecular formula is C20H21ClN2OS. The number of halogens is 1. The van der Waals surface area contributed by atoms with Gasteiger partial charge in [-0.2, -0.15) is 0 Å². The first kappa shape index (κ1) is 17.0. The Morgan fingerprint density at radius 1 is 1.20 bits per heavy atom. The lowest BCUT2D eigenvalue weighted by molar-refractivity contribution is 0.0955. The van der Waals surface area contributed by atoms with Crippen LogP contribution in [0, 0.1) is 0 Å². The van der Waals surface area contributed by atoms with E-state index in [9.17, 15) is 5.11 Å². The number of benzene rings is 2. The van der Waals surface area contributed by atoms with E-state index in [1.54, 1.807) is 0 Å². The van der Waals surface area contributed by atoms with Crippen LogP contribution in [0.5, 0.6) is 0 Å².